The Morgan fingerprint density at radius 3 is 2.77 bits per heavy atom. The molecule has 0 aliphatic heterocycles. The van der Waals surface area contributed by atoms with Gasteiger partial charge in [0.05, 0.1) is 23.5 Å². The summed E-state index contributed by atoms with van der Waals surface area (Å²) in [5.74, 6) is -1.38. The normalized spacial score (nSPS) is 13.3. The van der Waals surface area contributed by atoms with Crippen molar-refractivity contribution in [1.82, 2.24) is 14.5 Å². The van der Waals surface area contributed by atoms with Crippen molar-refractivity contribution in [2.75, 3.05) is 17.3 Å². The number of benzene rings is 1. The molecule has 1 saturated carbocycles. The lowest BCUT2D eigenvalue weighted by atomic mass is 10.1. The summed E-state index contributed by atoms with van der Waals surface area (Å²) in [6, 6.07) is 5.23. The number of fused-ring (bicyclic) bond motifs is 1. The van der Waals surface area contributed by atoms with E-state index < -0.39 is 18.2 Å². The van der Waals surface area contributed by atoms with E-state index in [4.69, 9.17) is 5.26 Å². The molecule has 0 atom stereocenters. The predicted octanol–water partition coefficient (Wildman–Crippen LogP) is 3.70. The Balaban J connectivity index is 1.82. The third-order valence-electron chi connectivity index (χ3n) is 4.94. The lowest BCUT2D eigenvalue weighted by Crippen LogP contribution is -2.19. The number of nitriles is 1. The van der Waals surface area contributed by atoms with E-state index in [0.29, 0.717) is 11.0 Å². The number of hydrogen-bond acceptors (Lipinski definition) is 6. The van der Waals surface area contributed by atoms with Gasteiger partial charge in [-0.3, -0.25) is 4.79 Å². The standard InChI is InChI=1S/C20H17F3N6O2/c1-28-9-25-16-13(28)7-15(26-18(16)27-19(30)11-3-4-11)29(2)17-12(21)5-10(8-24)6-14(17)31-20(22)23/h5-7,9,11,20H,3-4H2,1-2H3,(H,26,27,30). The van der Waals surface area contributed by atoms with Crippen molar-refractivity contribution in [3.8, 4) is 11.8 Å². The Bertz CT molecular complexity index is 1220. The van der Waals surface area contributed by atoms with Gasteiger partial charge in [0.25, 0.3) is 0 Å². The molecule has 0 bridgehead atoms. The van der Waals surface area contributed by atoms with Crippen molar-refractivity contribution in [2.24, 2.45) is 13.0 Å². The van der Waals surface area contributed by atoms with Gasteiger partial charge < -0.3 is 19.5 Å². The fourth-order valence-corrected chi connectivity index (χ4v) is 3.20. The highest BCUT2D eigenvalue weighted by Gasteiger charge is 2.31. The van der Waals surface area contributed by atoms with Crippen LogP contribution in [0.25, 0.3) is 11.0 Å². The van der Waals surface area contributed by atoms with Crippen LogP contribution in [-0.2, 0) is 11.8 Å². The zero-order valence-electron chi connectivity index (χ0n) is 16.6. The number of nitrogens with one attached hydrogen (secondary N) is 1. The largest absolute Gasteiger partial charge is 0.432 e. The maximum Gasteiger partial charge on any atom is 0.387 e. The van der Waals surface area contributed by atoms with Crippen LogP contribution in [0.1, 0.15) is 18.4 Å². The van der Waals surface area contributed by atoms with Crippen molar-refractivity contribution in [1.29, 1.82) is 5.26 Å². The number of amides is 1. The van der Waals surface area contributed by atoms with Gasteiger partial charge in [-0.05, 0) is 18.9 Å². The lowest BCUT2D eigenvalue weighted by molar-refractivity contribution is -0.117. The molecule has 1 amide bonds. The third-order valence-corrected chi connectivity index (χ3v) is 4.94. The van der Waals surface area contributed by atoms with Crippen molar-refractivity contribution in [2.45, 2.75) is 19.5 Å². The van der Waals surface area contributed by atoms with Gasteiger partial charge in [0, 0.05) is 32.1 Å². The molecule has 0 spiro atoms. The van der Waals surface area contributed by atoms with Gasteiger partial charge >= 0.3 is 6.61 Å². The minimum atomic E-state index is -3.22. The number of rotatable bonds is 6. The van der Waals surface area contributed by atoms with Crippen LogP contribution in [0.4, 0.5) is 30.5 Å². The van der Waals surface area contributed by atoms with Gasteiger partial charge in [0.2, 0.25) is 5.91 Å². The molecule has 1 fully saturated rings. The molecule has 2 aromatic heterocycles. The van der Waals surface area contributed by atoms with Gasteiger partial charge in [-0.1, -0.05) is 0 Å². The second-order valence-corrected chi connectivity index (χ2v) is 7.17. The number of aromatic nitrogens is 3. The van der Waals surface area contributed by atoms with Gasteiger partial charge in [-0.2, -0.15) is 14.0 Å². The highest BCUT2D eigenvalue weighted by Crippen LogP contribution is 2.38. The van der Waals surface area contributed by atoms with Crippen LogP contribution >= 0.6 is 0 Å². The van der Waals surface area contributed by atoms with Crippen molar-refractivity contribution >= 4 is 34.3 Å². The van der Waals surface area contributed by atoms with Crippen LogP contribution in [0.5, 0.6) is 5.75 Å². The first-order chi connectivity index (χ1) is 14.8. The number of nitrogens with zero attached hydrogens (tertiary/aromatic N) is 5. The molecule has 4 rings (SSSR count). The van der Waals surface area contributed by atoms with E-state index in [-0.39, 0.29) is 34.7 Å². The number of alkyl halides is 2. The molecule has 1 N–H and O–H groups in total. The van der Waals surface area contributed by atoms with Crippen LogP contribution < -0.4 is 15.0 Å². The lowest BCUT2D eigenvalue weighted by Gasteiger charge is -2.23. The SMILES string of the molecule is CN(c1cc2c(ncn2C)c(NC(=O)C2CC2)n1)c1c(F)cc(C#N)cc1OC(F)F. The number of aryl methyl sites for hydroxylation is 1. The highest BCUT2D eigenvalue weighted by atomic mass is 19.3. The minimum absolute atomic E-state index is 0.0797. The minimum Gasteiger partial charge on any atom is -0.432 e. The maximum atomic E-state index is 14.8. The molecule has 1 aromatic carbocycles. The first-order valence-corrected chi connectivity index (χ1v) is 9.33. The number of anilines is 3. The Hall–Kier alpha value is -3.81. The Morgan fingerprint density at radius 1 is 1.39 bits per heavy atom. The fraction of sp³-hybridized carbons (Fsp3) is 0.300. The molecule has 3 aromatic rings. The third kappa shape index (κ3) is 3.96. The highest BCUT2D eigenvalue weighted by molar-refractivity contribution is 6.00. The smallest absolute Gasteiger partial charge is 0.387 e. The monoisotopic (exact) mass is 430 g/mol. The van der Waals surface area contributed by atoms with Crippen LogP contribution in [-0.4, -0.2) is 34.1 Å². The van der Waals surface area contributed by atoms with Crippen LogP contribution in [0.15, 0.2) is 24.5 Å². The van der Waals surface area contributed by atoms with E-state index in [1.807, 2.05) is 0 Å². The van der Waals surface area contributed by atoms with Crippen LogP contribution in [0.2, 0.25) is 0 Å². The number of ether oxygens (including phenoxy) is 1. The van der Waals surface area contributed by atoms with E-state index in [1.54, 1.807) is 23.8 Å². The summed E-state index contributed by atoms with van der Waals surface area (Å²) in [6.45, 7) is -3.22. The summed E-state index contributed by atoms with van der Waals surface area (Å²) in [5, 5.41) is 11.8. The Morgan fingerprint density at radius 2 is 2.13 bits per heavy atom. The van der Waals surface area contributed by atoms with Gasteiger partial charge in [0.1, 0.15) is 17.0 Å². The first-order valence-electron chi connectivity index (χ1n) is 9.33. The van der Waals surface area contributed by atoms with Crippen molar-refractivity contribution < 1.29 is 22.7 Å². The van der Waals surface area contributed by atoms with E-state index in [1.165, 1.54) is 18.3 Å². The molecular formula is C20H17F3N6O2. The second kappa shape index (κ2) is 7.79. The Kier molecular flexibility index (Phi) is 5.14. The molecule has 11 heteroatoms. The van der Waals surface area contributed by atoms with E-state index >= 15 is 0 Å². The zero-order chi connectivity index (χ0) is 22.3. The summed E-state index contributed by atoms with van der Waals surface area (Å²) < 4.78 is 46.8. The quantitative estimate of drug-likeness (QED) is 0.641. The average Bonchev–Trinajstić information content (AvgIpc) is 3.50. The molecule has 1 aliphatic rings. The molecule has 160 valence electrons. The molecular weight excluding hydrogens is 413 g/mol. The molecule has 8 nitrogen and oxygen atoms in total. The molecule has 0 radical (unpaired) electrons. The molecule has 2 heterocycles. The Labute approximate surface area is 174 Å². The second-order valence-electron chi connectivity index (χ2n) is 7.17. The molecule has 0 unspecified atom stereocenters. The average molecular weight is 430 g/mol. The summed E-state index contributed by atoms with van der Waals surface area (Å²) in [7, 11) is 3.15. The fourth-order valence-electron chi connectivity index (χ4n) is 3.20. The number of halogens is 3. The molecule has 0 saturated heterocycles. The number of hydrogen-bond donors (Lipinski definition) is 1. The van der Waals surface area contributed by atoms with Crippen molar-refractivity contribution in [3.63, 3.8) is 0 Å². The van der Waals surface area contributed by atoms with Gasteiger partial charge in [-0.25, -0.2) is 14.4 Å². The summed E-state index contributed by atoms with van der Waals surface area (Å²) in [6.07, 6.45) is 3.12. The van der Waals surface area contributed by atoms with Gasteiger partial charge in [0.15, 0.2) is 17.4 Å². The topological polar surface area (TPSA) is 96.1 Å². The first kappa shape index (κ1) is 20.5. The zero-order valence-corrected chi connectivity index (χ0v) is 16.6. The van der Waals surface area contributed by atoms with Crippen LogP contribution in [0.3, 0.4) is 0 Å². The molecule has 1 aliphatic carbocycles. The van der Waals surface area contributed by atoms with Crippen LogP contribution in [0, 0.1) is 23.1 Å². The molecule has 31 heavy (non-hydrogen) atoms. The number of pyridine rings is 1. The van der Waals surface area contributed by atoms with Crippen molar-refractivity contribution in [3.05, 3.63) is 35.9 Å². The summed E-state index contributed by atoms with van der Waals surface area (Å²) in [5.41, 5.74) is 0.539. The number of carbonyl (C=O) groups is 1. The van der Waals surface area contributed by atoms with E-state index in [9.17, 15) is 18.0 Å². The number of carbonyl (C=O) groups excluding carboxylic acids is 1. The summed E-state index contributed by atoms with van der Waals surface area (Å²) >= 11 is 0. The number of imidazole rings is 1. The predicted molar refractivity (Wildman–Crippen MR) is 106 cm³/mol. The van der Waals surface area contributed by atoms with Gasteiger partial charge in [-0.15, -0.1) is 0 Å². The van der Waals surface area contributed by atoms with E-state index in [0.717, 1.165) is 25.0 Å². The maximum absolute atomic E-state index is 14.8. The summed E-state index contributed by atoms with van der Waals surface area (Å²) in [4.78, 5) is 22.1. The van der Waals surface area contributed by atoms with E-state index in [2.05, 4.69) is 20.0 Å².